The third kappa shape index (κ3) is 3.75. The van der Waals surface area contributed by atoms with Crippen molar-refractivity contribution in [2.75, 3.05) is 12.1 Å². The smallest absolute Gasteiger partial charge is 0.248 e. The van der Waals surface area contributed by atoms with Gasteiger partial charge in [0.25, 0.3) is 0 Å². The standard InChI is InChI=1S/C27H26N2O3/c1-27(17-26(30)29(28-18-27)22-10-4-3-5-11-22)21-12-13-24(31-2)25(16-21)32-23-14-19-8-6-7-9-20(19)15-23/h3-13,16,18,23H,14-15,17H2,1-2H3. The predicted molar refractivity (Wildman–Crippen MR) is 126 cm³/mol. The summed E-state index contributed by atoms with van der Waals surface area (Å²) < 4.78 is 12.0. The zero-order chi connectivity index (χ0) is 22.1. The van der Waals surface area contributed by atoms with Crippen LogP contribution in [0.2, 0.25) is 0 Å². The first-order valence-electron chi connectivity index (χ1n) is 10.9. The highest BCUT2D eigenvalue weighted by Crippen LogP contribution is 2.38. The molecule has 2 aliphatic rings. The number of carbonyl (C=O) groups excluding carboxylic acids is 1. The van der Waals surface area contributed by atoms with E-state index < -0.39 is 5.41 Å². The molecule has 0 radical (unpaired) electrons. The van der Waals surface area contributed by atoms with E-state index in [9.17, 15) is 4.79 Å². The zero-order valence-electron chi connectivity index (χ0n) is 18.3. The molecule has 3 aromatic carbocycles. The largest absolute Gasteiger partial charge is 0.493 e. The van der Waals surface area contributed by atoms with E-state index in [1.807, 2.05) is 61.7 Å². The molecule has 1 unspecified atom stereocenters. The van der Waals surface area contributed by atoms with Gasteiger partial charge < -0.3 is 9.47 Å². The zero-order valence-corrected chi connectivity index (χ0v) is 18.3. The molecular weight excluding hydrogens is 400 g/mol. The van der Waals surface area contributed by atoms with E-state index in [-0.39, 0.29) is 12.0 Å². The minimum absolute atomic E-state index is 0.0364. The van der Waals surface area contributed by atoms with Gasteiger partial charge in [0.2, 0.25) is 5.91 Å². The highest BCUT2D eigenvalue weighted by atomic mass is 16.5. The Morgan fingerprint density at radius 2 is 1.62 bits per heavy atom. The third-order valence-corrected chi connectivity index (χ3v) is 6.34. The molecule has 162 valence electrons. The molecule has 0 aromatic heterocycles. The van der Waals surface area contributed by atoms with E-state index in [4.69, 9.17) is 9.47 Å². The fourth-order valence-corrected chi connectivity index (χ4v) is 4.55. The number of benzene rings is 3. The van der Waals surface area contributed by atoms with Crippen LogP contribution in [0, 0.1) is 0 Å². The van der Waals surface area contributed by atoms with Crippen LogP contribution in [-0.2, 0) is 23.1 Å². The first-order chi connectivity index (χ1) is 15.6. The van der Waals surface area contributed by atoms with Crippen molar-refractivity contribution in [1.82, 2.24) is 0 Å². The average Bonchev–Trinajstić information content (AvgIpc) is 3.22. The Hall–Kier alpha value is -3.60. The van der Waals surface area contributed by atoms with Crippen LogP contribution in [0.4, 0.5) is 5.69 Å². The number of hydrogen-bond acceptors (Lipinski definition) is 4. The molecule has 5 rings (SSSR count). The van der Waals surface area contributed by atoms with Gasteiger partial charge >= 0.3 is 0 Å². The Kier molecular flexibility index (Phi) is 5.17. The summed E-state index contributed by atoms with van der Waals surface area (Å²) in [4.78, 5) is 13.0. The number of carbonyl (C=O) groups is 1. The van der Waals surface area contributed by atoms with Crippen molar-refractivity contribution in [3.05, 3.63) is 89.5 Å². The summed E-state index contributed by atoms with van der Waals surface area (Å²) in [6, 6.07) is 23.9. The van der Waals surface area contributed by atoms with Gasteiger partial charge in [-0.1, -0.05) is 48.5 Å². The van der Waals surface area contributed by atoms with Gasteiger partial charge in [-0.2, -0.15) is 5.10 Å². The van der Waals surface area contributed by atoms with E-state index in [0.717, 1.165) is 24.1 Å². The van der Waals surface area contributed by atoms with Crippen molar-refractivity contribution < 1.29 is 14.3 Å². The summed E-state index contributed by atoms with van der Waals surface area (Å²) in [6.45, 7) is 2.04. The van der Waals surface area contributed by atoms with Gasteiger partial charge in [-0.15, -0.1) is 0 Å². The summed E-state index contributed by atoms with van der Waals surface area (Å²) in [6.07, 6.45) is 4.02. The molecule has 5 heteroatoms. The van der Waals surface area contributed by atoms with Crippen LogP contribution in [0.25, 0.3) is 0 Å². The summed E-state index contributed by atoms with van der Waals surface area (Å²) >= 11 is 0. The summed E-state index contributed by atoms with van der Waals surface area (Å²) in [5.74, 6) is 1.36. The summed E-state index contributed by atoms with van der Waals surface area (Å²) in [7, 11) is 1.65. The number of ether oxygens (including phenoxy) is 2. The van der Waals surface area contributed by atoms with Gasteiger partial charge in [-0.3, -0.25) is 4.79 Å². The maximum Gasteiger partial charge on any atom is 0.248 e. The second-order valence-electron chi connectivity index (χ2n) is 8.66. The van der Waals surface area contributed by atoms with Gasteiger partial charge in [-0.25, -0.2) is 5.01 Å². The number of rotatable bonds is 5. The number of methoxy groups -OCH3 is 1. The molecule has 5 nitrogen and oxygen atoms in total. The van der Waals surface area contributed by atoms with Crippen molar-refractivity contribution in [2.24, 2.45) is 5.10 Å². The minimum Gasteiger partial charge on any atom is -0.493 e. The number of nitrogens with zero attached hydrogens (tertiary/aromatic N) is 2. The molecule has 0 bridgehead atoms. The van der Waals surface area contributed by atoms with Crippen molar-refractivity contribution in [2.45, 2.75) is 37.7 Å². The van der Waals surface area contributed by atoms with Gasteiger partial charge in [0.15, 0.2) is 11.5 Å². The quantitative estimate of drug-likeness (QED) is 0.582. The second kappa shape index (κ2) is 8.15. The highest BCUT2D eigenvalue weighted by Gasteiger charge is 2.35. The Labute approximate surface area is 188 Å². The number of fused-ring (bicyclic) bond motifs is 1. The fourth-order valence-electron chi connectivity index (χ4n) is 4.55. The number of amides is 1. The Balaban J connectivity index is 1.40. The molecule has 1 atom stereocenters. The molecule has 1 aliphatic heterocycles. The number of anilines is 1. The van der Waals surface area contributed by atoms with Crippen LogP contribution >= 0.6 is 0 Å². The lowest BCUT2D eigenvalue weighted by molar-refractivity contribution is -0.119. The average molecular weight is 427 g/mol. The van der Waals surface area contributed by atoms with E-state index in [0.29, 0.717) is 17.9 Å². The van der Waals surface area contributed by atoms with Gasteiger partial charge in [0.05, 0.1) is 12.8 Å². The molecule has 0 N–H and O–H groups in total. The monoisotopic (exact) mass is 426 g/mol. The van der Waals surface area contributed by atoms with Crippen molar-refractivity contribution >= 4 is 17.8 Å². The van der Waals surface area contributed by atoms with E-state index >= 15 is 0 Å². The van der Waals surface area contributed by atoms with Crippen molar-refractivity contribution in [3.8, 4) is 11.5 Å². The number of hydrogen-bond donors (Lipinski definition) is 0. The molecular formula is C27H26N2O3. The molecule has 0 saturated heterocycles. The molecule has 1 amide bonds. The van der Waals surface area contributed by atoms with Gasteiger partial charge in [0.1, 0.15) is 6.10 Å². The molecule has 0 saturated carbocycles. The lowest BCUT2D eigenvalue weighted by atomic mass is 9.79. The molecule has 3 aromatic rings. The maximum atomic E-state index is 13.0. The minimum atomic E-state index is -0.522. The third-order valence-electron chi connectivity index (χ3n) is 6.34. The summed E-state index contributed by atoms with van der Waals surface area (Å²) in [5.41, 5.74) is 3.91. The van der Waals surface area contributed by atoms with Crippen LogP contribution in [0.3, 0.4) is 0 Å². The maximum absolute atomic E-state index is 13.0. The van der Waals surface area contributed by atoms with Crippen LogP contribution < -0.4 is 14.5 Å². The van der Waals surface area contributed by atoms with Crippen molar-refractivity contribution in [1.29, 1.82) is 0 Å². The van der Waals surface area contributed by atoms with Crippen LogP contribution in [0.15, 0.2) is 77.9 Å². The van der Waals surface area contributed by atoms with E-state index in [2.05, 4.69) is 29.4 Å². The van der Waals surface area contributed by atoms with Crippen LogP contribution in [-0.4, -0.2) is 25.3 Å². The molecule has 1 heterocycles. The van der Waals surface area contributed by atoms with E-state index in [1.54, 1.807) is 7.11 Å². The first-order valence-corrected chi connectivity index (χ1v) is 10.9. The fraction of sp³-hybridized carbons (Fsp3) is 0.259. The highest BCUT2D eigenvalue weighted by molar-refractivity contribution is 6.00. The SMILES string of the molecule is COc1ccc(C2(C)C=NN(c3ccccc3)C(=O)C2)cc1OC1Cc2ccccc2C1. The Bertz CT molecular complexity index is 1150. The molecule has 0 fully saturated rings. The topological polar surface area (TPSA) is 51.1 Å². The van der Waals surface area contributed by atoms with Gasteiger partial charge in [-0.05, 0) is 47.9 Å². The molecule has 0 spiro atoms. The molecule has 1 aliphatic carbocycles. The Morgan fingerprint density at radius 1 is 0.938 bits per heavy atom. The second-order valence-corrected chi connectivity index (χ2v) is 8.66. The lowest BCUT2D eigenvalue weighted by Gasteiger charge is -2.33. The first kappa shape index (κ1) is 20.3. The Morgan fingerprint density at radius 3 is 2.28 bits per heavy atom. The van der Waals surface area contributed by atoms with Crippen molar-refractivity contribution in [3.63, 3.8) is 0 Å². The van der Waals surface area contributed by atoms with Crippen LogP contribution in [0.5, 0.6) is 11.5 Å². The number of para-hydroxylation sites is 1. The summed E-state index contributed by atoms with van der Waals surface area (Å²) in [5, 5.41) is 5.97. The van der Waals surface area contributed by atoms with Crippen LogP contribution in [0.1, 0.15) is 30.0 Å². The normalized spacial score (nSPS) is 20.3. The molecule has 32 heavy (non-hydrogen) atoms. The number of hydrazone groups is 1. The van der Waals surface area contributed by atoms with E-state index in [1.165, 1.54) is 16.1 Å². The lowest BCUT2D eigenvalue weighted by Crippen LogP contribution is -2.40. The predicted octanol–water partition coefficient (Wildman–Crippen LogP) is 4.92. The van der Waals surface area contributed by atoms with Gasteiger partial charge in [0, 0.05) is 30.9 Å².